The van der Waals surface area contributed by atoms with Gasteiger partial charge in [-0.05, 0) is 24.1 Å². The highest BCUT2D eigenvalue weighted by Gasteiger charge is 2.46. The molecule has 28 heavy (non-hydrogen) atoms. The Morgan fingerprint density at radius 2 is 1.82 bits per heavy atom. The molecule has 0 radical (unpaired) electrons. The molecular formula is C18H17F5N4O. The molecule has 0 bridgehead atoms. The number of aromatic amines is 1. The lowest BCUT2D eigenvalue weighted by Crippen LogP contribution is -2.36. The van der Waals surface area contributed by atoms with Crippen LogP contribution in [0.5, 0.6) is 0 Å². The molecule has 1 amide bonds. The first-order valence-electron chi connectivity index (χ1n) is 8.80. The fraction of sp³-hybridized carbons (Fsp3) is 0.444. The number of benzene rings is 1. The smallest absolute Gasteiger partial charge is 0.337 e. The predicted molar refractivity (Wildman–Crippen MR) is 87.7 cm³/mol. The molecule has 2 aliphatic rings. The van der Waals surface area contributed by atoms with Crippen LogP contribution in [0.3, 0.4) is 0 Å². The lowest BCUT2D eigenvalue weighted by molar-refractivity contribution is -0.141. The van der Waals surface area contributed by atoms with E-state index in [1.54, 1.807) is 4.90 Å². The molecule has 10 heteroatoms. The van der Waals surface area contributed by atoms with Gasteiger partial charge in [0.2, 0.25) is 5.91 Å². The summed E-state index contributed by atoms with van der Waals surface area (Å²) in [5, 5.41) is 0. The number of halogens is 5. The SMILES string of the molecule is O=C1C[C@H]2[C@H](CCN2Cc2ncc(C(F)(F)F)[nH]2)N1Cc1cc(F)cc(F)c1. The molecule has 2 atom stereocenters. The van der Waals surface area contributed by atoms with Crippen LogP contribution in [0.1, 0.15) is 29.9 Å². The van der Waals surface area contributed by atoms with Gasteiger partial charge in [0.25, 0.3) is 0 Å². The Bertz CT molecular complexity index is 876. The third-order valence-corrected chi connectivity index (χ3v) is 5.29. The number of nitrogens with zero attached hydrogens (tertiary/aromatic N) is 3. The fourth-order valence-corrected chi connectivity index (χ4v) is 4.09. The van der Waals surface area contributed by atoms with Crippen LogP contribution in [0.2, 0.25) is 0 Å². The Balaban J connectivity index is 1.45. The summed E-state index contributed by atoms with van der Waals surface area (Å²) in [6, 6.07) is 2.85. The maximum Gasteiger partial charge on any atom is 0.432 e. The van der Waals surface area contributed by atoms with Crippen LogP contribution in [0, 0.1) is 11.6 Å². The molecular weight excluding hydrogens is 383 g/mol. The lowest BCUT2D eigenvalue weighted by Gasteiger charge is -2.25. The third-order valence-electron chi connectivity index (χ3n) is 5.29. The molecule has 4 rings (SSSR count). The van der Waals surface area contributed by atoms with Gasteiger partial charge in [-0.2, -0.15) is 13.2 Å². The molecule has 0 aliphatic carbocycles. The van der Waals surface area contributed by atoms with Gasteiger partial charge in [0, 0.05) is 37.7 Å². The number of hydrogen-bond donors (Lipinski definition) is 1. The molecule has 1 aromatic heterocycles. The minimum Gasteiger partial charge on any atom is -0.337 e. The van der Waals surface area contributed by atoms with E-state index in [1.165, 1.54) is 12.1 Å². The highest BCUT2D eigenvalue weighted by Crippen LogP contribution is 2.35. The summed E-state index contributed by atoms with van der Waals surface area (Å²) in [5.74, 6) is -1.36. The second-order valence-corrected chi connectivity index (χ2v) is 7.14. The van der Waals surface area contributed by atoms with E-state index in [-0.39, 0.29) is 43.3 Å². The molecule has 2 fully saturated rings. The minimum atomic E-state index is -4.49. The predicted octanol–water partition coefficient (Wildman–Crippen LogP) is 3.08. The second-order valence-electron chi connectivity index (χ2n) is 7.14. The molecule has 2 aromatic rings. The van der Waals surface area contributed by atoms with Gasteiger partial charge in [-0.1, -0.05) is 0 Å². The van der Waals surface area contributed by atoms with Crippen molar-refractivity contribution < 1.29 is 26.7 Å². The quantitative estimate of drug-likeness (QED) is 0.803. The number of aromatic nitrogens is 2. The Morgan fingerprint density at radius 3 is 2.46 bits per heavy atom. The van der Waals surface area contributed by atoms with E-state index in [0.29, 0.717) is 18.5 Å². The van der Waals surface area contributed by atoms with Crippen molar-refractivity contribution in [3.05, 3.63) is 53.1 Å². The summed E-state index contributed by atoms with van der Waals surface area (Å²) in [7, 11) is 0. The highest BCUT2D eigenvalue weighted by molar-refractivity contribution is 5.80. The number of hydrogen-bond acceptors (Lipinski definition) is 3. The van der Waals surface area contributed by atoms with Crippen molar-refractivity contribution in [3.63, 3.8) is 0 Å². The molecule has 2 aliphatic heterocycles. The van der Waals surface area contributed by atoms with Gasteiger partial charge >= 0.3 is 6.18 Å². The Morgan fingerprint density at radius 1 is 1.11 bits per heavy atom. The summed E-state index contributed by atoms with van der Waals surface area (Å²) in [4.78, 5) is 22.0. The average Bonchev–Trinajstić information content (AvgIpc) is 3.26. The zero-order chi connectivity index (χ0) is 20.1. The number of H-pyrrole nitrogens is 1. The summed E-state index contributed by atoms with van der Waals surface area (Å²) in [6.07, 6.45) is -2.87. The zero-order valence-corrected chi connectivity index (χ0v) is 14.6. The molecule has 1 N–H and O–H groups in total. The Labute approximate surface area is 157 Å². The van der Waals surface area contributed by atoms with Crippen molar-refractivity contribution in [2.24, 2.45) is 0 Å². The molecule has 150 valence electrons. The third kappa shape index (κ3) is 3.60. The number of rotatable bonds is 4. The number of nitrogens with one attached hydrogen (secondary N) is 1. The highest BCUT2D eigenvalue weighted by atomic mass is 19.4. The van der Waals surface area contributed by atoms with Gasteiger partial charge < -0.3 is 9.88 Å². The van der Waals surface area contributed by atoms with Crippen molar-refractivity contribution >= 4 is 5.91 Å². The number of imidazole rings is 1. The minimum absolute atomic E-state index is 0.0987. The monoisotopic (exact) mass is 400 g/mol. The van der Waals surface area contributed by atoms with Crippen molar-refractivity contribution in [2.45, 2.75) is 44.2 Å². The molecule has 2 saturated heterocycles. The van der Waals surface area contributed by atoms with Gasteiger partial charge in [-0.25, -0.2) is 13.8 Å². The first kappa shape index (κ1) is 18.9. The average molecular weight is 400 g/mol. The normalized spacial score (nSPS) is 22.9. The number of alkyl halides is 3. The number of amides is 1. The molecule has 0 unspecified atom stereocenters. The molecule has 1 aromatic carbocycles. The largest absolute Gasteiger partial charge is 0.432 e. The molecule has 5 nitrogen and oxygen atoms in total. The van der Waals surface area contributed by atoms with Crippen LogP contribution in [0.25, 0.3) is 0 Å². The van der Waals surface area contributed by atoms with Crippen LogP contribution in [0.4, 0.5) is 22.0 Å². The van der Waals surface area contributed by atoms with Crippen molar-refractivity contribution in [1.29, 1.82) is 0 Å². The van der Waals surface area contributed by atoms with E-state index in [2.05, 4.69) is 9.97 Å². The van der Waals surface area contributed by atoms with Gasteiger partial charge in [-0.15, -0.1) is 0 Å². The summed E-state index contributed by atoms with van der Waals surface area (Å²) in [6.45, 7) is 0.868. The fourth-order valence-electron chi connectivity index (χ4n) is 4.09. The molecule has 3 heterocycles. The first-order chi connectivity index (χ1) is 13.2. The first-order valence-corrected chi connectivity index (χ1v) is 8.80. The van der Waals surface area contributed by atoms with Crippen LogP contribution >= 0.6 is 0 Å². The summed E-state index contributed by atoms with van der Waals surface area (Å²) >= 11 is 0. The van der Waals surface area contributed by atoms with E-state index in [0.717, 1.165) is 12.3 Å². The number of carbonyl (C=O) groups is 1. The van der Waals surface area contributed by atoms with Crippen LogP contribution in [0.15, 0.2) is 24.4 Å². The summed E-state index contributed by atoms with van der Waals surface area (Å²) in [5.41, 5.74) is -0.540. The van der Waals surface area contributed by atoms with E-state index in [4.69, 9.17) is 0 Å². The van der Waals surface area contributed by atoms with Gasteiger partial charge in [-0.3, -0.25) is 9.69 Å². The van der Waals surface area contributed by atoms with E-state index < -0.39 is 23.5 Å². The maximum atomic E-state index is 13.4. The van der Waals surface area contributed by atoms with Crippen molar-refractivity contribution in [2.75, 3.05) is 6.54 Å². The topological polar surface area (TPSA) is 52.2 Å². The number of fused-ring (bicyclic) bond motifs is 1. The molecule has 0 saturated carbocycles. The number of carbonyl (C=O) groups excluding carboxylic acids is 1. The van der Waals surface area contributed by atoms with Gasteiger partial charge in [0.15, 0.2) is 0 Å². The van der Waals surface area contributed by atoms with Crippen LogP contribution in [-0.2, 0) is 24.1 Å². The second kappa shape index (κ2) is 6.84. The van der Waals surface area contributed by atoms with E-state index in [9.17, 15) is 26.7 Å². The molecule has 0 spiro atoms. The van der Waals surface area contributed by atoms with Crippen LogP contribution < -0.4 is 0 Å². The Kier molecular flexibility index (Phi) is 4.60. The van der Waals surface area contributed by atoms with E-state index >= 15 is 0 Å². The van der Waals surface area contributed by atoms with Gasteiger partial charge in [0.1, 0.15) is 23.2 Å². The maximum absolute atomic E-state index is 13.4. The number of likely N-dealkylation sites (tertiary alicyclic amines) is 2. The zero-order valence-electron chi connectivity index (χ0n) is 14.6. The van der Waals surface area contributed by atoms with E-state index in [1.807, 2.05) is 4.90 Å². The summed E-state index contributed by atoms with van der Waals surface area (Å²) < 4.78 is 64.9. The lowest BCUT2D eigenvalue weighted by atomic mass is 10.1. The van der Waals surface area contributed by atoms with Crippen LogP contribution in [-0.4, -0.2) is 44.3 Å². The van der Waals surface area contributed by atoms with Crippen molar-refractivity contribution in [1.82, 2.24) is 19.8 Å². The standard InChI is InChI=1S/C18H17F5N4O/c19-11-3-10(4-12(20)5-11)8-27-13-1-2-26(14(13)6-17(27)28)9-16-24-7-15(25-16)18(21,22)23/h3-5,7,13-14H,1-2,6,8-9H2,(H,24,25)/t13-,14-/m0/s1. The van der Waals surface area contributed by atoms with Gasteiger partial charge in [0.05, 0.1) is 12.7 Å². The Hall–Kier alpha value is -2.49. The van der Waals surface area contributed by atoms with Crippen molar-refractivity contribution in [3.8, 4) is 0 Å².